The maximum absolute atomic E-state index is 5.83. The maximum Gasteiger partial charge on any atom is 0.0409 e. The molecule has 1 nitrogen and oxygen atoms in total. The topological polar surface area (TPSA) is 3.01 Å². The zero-order chi connectivity index (χ0) is 7.68. The first-order valence-electron chi connectivity index (χ1n) is 3.81. The van der Waals surface area contributed by atoms with Crippen molar-refractivity contribution in [2.45, 2.75) is 6.54 Å². The summed E-state index contributed by atoms with van der Waals surface area (Å²) >= 11 is 5.83. The fraction of sp³-hybridized carbons (Fsp3) is 0.333. The summed E-state index contributed by atoms with van der Waals surface area (Å²) in [6, 6.07) is 8.05. The van der Waals surface area contributed by atoms with Gasteiger partial charge in [0.15, 0.2) is 0 Å². The Hall–Kier alpha value is -0.530. The van der Waals surface area contributed by atoms with Crippen LogP contribution in [0.2, 0.25) is 5.02 Å². The van der Waals surface area contributed by atoms with Crippen LogP contribution >= 0.6 is 11.6 Å². The van der Waals surface area contributed by atoms with Crippen LogP contribution in [0.15, 0.2) is 24.3 Å². The van der Waals surface area contributed by atoms with Gasteiger partial charge in [-0.05, 0) is 17.7 Å². The Morgan fingerprint density at radius 2 is 2.18 bits per heavy atom. The molecule has 1 fully saturated rings. The van der Waals surface area contributed by atoms with Gasteiger partial charge in [-0.3, -0.25) is 4.90 Å². The first-order chi connectivity index (χ1) is 5.34. The van der Waals surface area contributed by atoms with Gasteiger partial charge in [-0.15, -0.1) is 0 Å². The average molecular weight is 168 g/mol. The molecule has 0 N–H and O–H groups in total. The molecule has 0 amide bonds. The largest absolute Gasteiger partial charge is 0.297 e. The minimum absolute atomic E-state index is 0.837. The molecule has 0 radical (unpaired) electrons. The minimum Gasteiger partial charge on any atom is -0.297 e. The van der Waals surface area contributed by atoms with E-state index in [2.05, 4.69) is 11.0 Å². The number of hydrogen-bond acceptors (Lipinski definition) is 1. The third-order valence-corrected chi connectivity index (χ3v) is 2.07. The molecule has 2 heteroatoms. The lowest BCUT2D eigenvalue weighted by molar-refractivity contribution is 0.556. The lowest BCUT2D eigenvalue weighted by atomic mass is 10.2. The Balaban J connectivity index is 2.10. The van der Waals surface area contributed by atoms with Crippen molar-refractivity contribution in [1.82, 2.24) is 4.90 Å². The quantitative estimate of drug-likeness (QED) is 0.610. The van der Waals surface area contributed by atoms with Crippen LogP contribution in [-0.2, 0) is 6.54 Å². The molecule has 1 heterocycles. The van der Waals surface area contributed by atoms with Crippen LogP contribution in [0.25, 0.3) is 0 Å². The number of hydrogen-bond donors (Lipinski definition) is 0. The van der Waals surface area contributed by atoms with Crippen molar-refractivity contribution in [3.05, 3.63) is 34.9 Å². The summed E-state index contributed by atoms with van der Waals surface area (Å²) < 4.78 is 0. The lowest BCUT2D eigenvalue weighted by Crippen LogP contribution is -1.95. The van der Waals surface area contributed by atoms with Crippen LogP contribution in [0.5, 0.6) is 0 Å². The third-order valence-electron chi connectivity index (χ3n) is 1.84. The molecule has 1 aromatic carbocycles. The van der Waals surface area contributed by atoms with Crippen molar-refractivity contribution in [2.24, 2.45) is 0 Å². The molecule has 1 aliphatic heterocycles. The number of halogens is 1. The Morgan fingerprint density at radius 3 is 2.82 bits per heavy atom. The molecule has 1 aromatic rings. The third kappa shape index (κ3) is 1.95. The second kappa shape index (κ2) is 2.84. The summed E-state index contributed by atoms with van der Waals surface area (Å²) in [5.74, 6) is 0. The van der Waals surface area contributed by atoms with E-state index in [1.165, 1.54) is 18.7 Å². The molecule has 1 saturated heterocycles. The molecule has 0 aromatic heterocycles. The van der Waals surface area contributed by atoms with Crippen LogP contribution in [0.3, 0.4) is 0 Å². The van der Waals surface area contributed by atoms with Gasteiger partial charge < -0.3 is 0 Å². The number of benzene rings is 1. The van der Waals surface area contributed by atoms with Gasteiger partial charge in [0.05, 0.1) is 0 Å². The predicted octanol–water partition coefficient (Wildman–Crippen LogP) is 2.16. The van der Waals surface area contributed by atoms with Gasteiger partial charge in [0.1, 0.15) is 0 Å². The lowest BCUT2D eigenvalue weighted by Gasteiger charge is -2.00. The van der Waals surface area contributed by atoms with E-state index in [9.17, 15) is 0 Å². The van der Waals surface area contributed by atoms with E-state index in [0.717, 1.165) is 11.6 Å². The zero-order valence-corrected chi connectivity index (χ0v) is 7.01. The van der Waals surface area contributed by atoms with E-state index in [-0.39, 0.29) is 0 Å². The van der Waals surface area contributed by atoms with Crippen LogP contribution in [0, 0.1) is 0 Å². The van der Waals surface area contributed by atoms with Gasteiger partial charge in [0.25, 0.3) is 0 Å². The Bertz CT molecular complexity index is 255. The molecule has 0 aliphatic carbocycles. The van der Waals surface area contributed by atoms with E-state index in [4.69, 9.17) is 11.6 Å². The molecule has 0 spiro atoms. The summed E-state index contributed by atoms with van der Waals surface area (Å²) in [6.45, 7) is 3.54. The highest BCUT2D eigenvalue weighted by Gasteiger charge is 2.16. The van der Waals surface area contributed by atoms with Gasteiger partial charge in [0, 0.05) is 24.7 Å². The summed E-state index contributed by atoms with van der Waals surface area (Å²) in [5, 5.41) is 0.837. The first kappa shape index (κ1) is 7.14. The van der Waals surface area contributed by atoms with E-state index < -0.39 is 0 Å². The Labute approximate surface area is 71.6 Å². The number of rotatable bonds is 2. The van der Waals surface area contributed by atoms with Crippen molar-refractivity contribution < 1.29 is 0 Å². The maximum atomic E-state index is 5.83. The standard InChI is InChI=1S/C9H10ClN/c10-9-3-1-2-8(6-9)7-11-4-5-11/h1-3,6H,4-5,7H2. The van der Waals surface area contributed by atoms with E-state index in [0.29, 0.717) is 0 Å². The summed E-state index contributed by atoms with van der Waals surface area (Å²) in [5.41, 5.74) is 1.31. The van der Waals surface area contributed by atoms with Crippen molar-refractivity contribution >= 4 is 11.6 Å². The molecule has 0 saturated carbocycles. The highest BCUT2D eigenvalue weighted by Crippen LogP contribution is 2.15. The Kier molecular flexibility index (Phi) is 1.84. The molecule has 2 rings (SSSR count). The van der Waals surface area contributed by atoms with Gasteiger partial charge in [0.2, 0.25) is 0 Å². The van der Waals surface area contributed by atoms with E-state index in [1.54, 1.807) is 0 Å². The summed E-state index contributed by atoms with van der Waals surface area (Å²) in [6.07, 6.45) is 0. The molecular weight excluding hydrogens is 158 g/mol. The van der Waals surface area contributed by atoms with Crippen molar-refractivity contribution in [2.75, 3.05) is 13.1 Å². The van der Waals surface area contributed by atoms with E-state index in [1.807, 2.05) is 18.2 Å². The Morgan fingerprint density at radius 1 is 1.36 bits per heavy atom. The van der Waals surface area contributed by atoms with E-state index >= 15 is 0 Å². The normalized spacial score (nSPS) is 16.8. The van der Waals surface area contributed by atoms with Crippen molar-refractivity contribution in [3.8, 4) is 0 Å². The summed E-state index contributed by atoms with van der Waals surface area (Å²) in [7, 11) is 0. The molecule has 58 valence electrons. The molecule has 0 atom stereocenters. The zero-order valence-electron chi connectivity index (χ0n) is 6.26. The average Bonchev–Trinajstić information content (AvgIpc) is 2.71. The molecule has 1 aliphatic rings. The predicted molar refractivity (Wildman–Crippen MR) is 46.7 cm³/mol. The molecule has 0 unspecified atom stereocenters. The van der Waals surface area contributed by atoms with Crippen LogP contribution in [0.4, 0.5) is 0 Å². The SMILES string of the molecule is Clc1cccc(CN2CC2)c1. The smallest absolute Gasteiger partial charge is 0.0409 e. The van der Waals surface area contributed by atoms with Gasteiger partial charge in [-0.1, -0.05) is 23.7 Å². The second-order valence-electron chi connectivity index (χ2n) is 2.91. The first-order valence-corrected chi connectivity index (χ1v) is 4.19. The van der Waals surface area contributed by atoms with Gasteiger partial charge in [-0.25, -0.2) is 0 Å². The molecule has 0 bridgehead atoms. The second-order valence-corrected chi connectivity index (χ2v) is 3.34. The highest BCUT2D eigenvalue weighted by molar-refractivity contribution is 6.30. The van der Waals surface area contributed by atoms with Gasteiger partial charge >= 0.3 is 0 Å². The monoisotopic (exact) mass is 167 g/mol. The highest BCUT2D eigenvalue weighted by atomic mass is 35.5. The van der Waals surface area contributed by atoms with Crippen molar-refractivity contribution in [3.63, 3.8) is 0 Å². The molecule has 11 heavy (non-hydrogen) atoms. The fourth-order valence-electron chi connectivity index (χ4n) is 1.12. The van der Waals surface area contributed by atoms with Crippen LogP contribution < -0.4 is 0 Å². The minimum atomic E-state index is 0.837. The summed E-state index contributed by atoms with van der Waals surface area (Å²) in [4.78, 5) is 2.37. The number of nitrogens with zero attached hydrogens (tertiary/aromatic N) is 1. The van der Waals surface area contributed by atoms with Gasteiger partial charge in [-0.2, -0.15) is 0 Å². The molecular formula is C9H10ClN. The van der Waals surface area contributed by atoms with Crippen molar-refractivity contribution in [1.29, 1.82) is 0 Å². The van der Waals surface area contributed by atoms with Crippen LogP contribution in [-0.4, -0.2) is 18.0 Å². The fourth-order valence-corrected chi connectivity index (χ4v) is 1.34. The van der Waals surface area contributed by atoms with Crippen LogP contribution in [0.1, 0.15) is 5.56 Å².